The highest BCUT2D eigenvalue weighted by molar-refractivity contribution is 6.02. The first kappa shape index (κ1) is 20.1. The summed E-state index contributed by atoms with van der Waals surface area (Å²) in [6.07, 6.45) is 0.197. The van der Waals surface area contributed by atoms with Gasteiger partial charge in [0.2, 0.25) is 5.91 Å². The van der Waals surface area contributed by atoms with Gasteiger partial charge >= 0.3 is 6.09 Å². The highest BCUT2D eigenvalue weighted by atomic mass is 16.6. The van der Waals surface area contributed by atoms with Gasteiger partial charge in [0.1, 0.15) is 0 Å². The molecule has 0 spiro atoms. The Balaban J connectivity index is 1.43. The van der Waals surface area contributed by atoms with Crippen LogP contribution in [-0.2, 0) is 9.53 Å². The summed E-state index contributed by atoms with van der Waals surface area (Å²) in [7, 11) is 0. The average Bonchev–Trinajstić information content (AvgIpc) is 2.71. The molecular formula is C22H29N3O3. The van der Waals surface area contributed by atoms with Crippen molar-refractivity contribution < 1.29 is 14.3 Å². The molecule has 0 aliphatic carbocycles. The molecule has 1 heterocycles. The number of fused-ring (bicyclic) bond motifs is 1. The van der Waals surface area contributed by atoms with E-state index >= 15 is 0 Å². The van der Waals surface area contributed by atoms with E-state index in [-0.39, 0.29) is 12.0 Å². The van der Waals surface area contributed by atoms with Crippen molar-refractivity contribution in [2.24, 2.45) is 5.92 Å². The Bertz CT molecular complexity index is 808. The number of rotatable bonds is 6. The van der Waals surface area contributed by atoms with Crippen LogP contribution in [0.2, 0.25) is 0 Å². The van der Waals surface area contributed by atoms with Crippen molar-refractivity contribution in [2.45, 2.75) is 20.3 Å². The Morgan fingerprint density at radius 1 is 1.04 bits per heavy atom. The summed E-state index contributed by atoms with van der Waals surface area (Å²) < 4.78 is 5.28. The van der Waals surface area contributed by atoms with Gasteiger partial charge in [-0.2, -0.15) is 0 Å². The highest BCUT2D eigenvalue weighted by Gasteiger charge is 2.22. The summed E-state index contributed by atoms with van der Waals surface area (Å²) >= 11 is 0. The van der Waals surface area contributed by atoms with Crippen LogP contribution in [0.4, 0.5) is 10.5 Å². The van der Waals surface area contributed by atoms with Crippen LogP contribution in [0.25, 0.3) is 10.8 Å². The molecular weight excluding hydrogens is 354 g/mol. The van der Waals surface area contributed by atoms with Crippen molar-refractivity contribution >= 4 is 28.5 Å². The van der Waals surface area contributed by atoms with Gasteiger partial charge in [-0.25, -0.2) is 4.79 Å². The Kier molecular flexibility index (Phi) is 6.87. The average molecular weight is 383 g/mol. The smallest absolute Gasteiger partial charge is 0.409 e. The standard InChI is InChI=1S/C22H29N3O3/c1-17(2)16-28-22(27)25-14-12-24(13-15-25)11-10-21(26)23-20-9-5-7-18-6-3-4-8-19(18)20/h3-9,17H,10-16H2,1-2H3,(H,23,26). The number of amides is 2. The molecule has 6 heteroatoms. The molecule has 0 saturated carbocycles. The van der Waals surface area contributed by atoms with E-state index in [1.165, 1.54) is 0 Å². The quantitative estimate of drug-likeness (QED) is 0.828. The van der Waals surface area contributed by atoms with Crippen LogP contribution in [0.15, 0.2) is 42.5 Å². The fourth-order valence-electron chi connectivity index (χ4n) is 3.29. The van der Waals surface area contributed by atoms with E-state index in [1.807, 2.05) is 56.3 Å². The lowest BCUT2D eigenvalue weighted by Gasteiger charge is -2.34. The van der Waals surface area contributed by atoms with Gasteiger partial charge in [-0.3, -0.25) is 9.69 Å². The van der Waals surface area contributed by atoms with Gasteiger partial charge in [0.25, 0.3) is 0 Å². The number of piperazine rings is 1. The first-order valence-corrected chi connectivity index (χ1v) is 9.94. The van der Waals surface area contributed by atoms with Crippen LogP contribution in [0.3, 0.4) is 0 Å². The zero-order valence-corrected chi connectivity index (χ0v) is 16.7. The maximum absolute atomic E-state index is 12.4. The third kappa shape index (κ3) is 5.45. The molecule has 150 valence electrons. The molecule has 3 rings (SSSR count). The second kappa shape index (κ2) is 9.55. The molecule has 28 heavy (non-hydrogen) atoms. The lowest BCUT2D eigenvalue weighted by molar-refractivity contribution is -0.116. The topological polar surface area (TPSA) is 61.9 Å². The number of benzene rings is 2. The van der Waals surface area contributed by atoms with Crippen LogP contribution in [0, 0.1) is 5.92 Å². The molecule has 0 unspecified atom stereocenters. The van der Waals surface area contributed by atoms with E-state index in [9.17, 15) is 9.59 Å². The molecule has 1 saturated heterocycles. The van der Waals surface area contributed by atoms with Crippen molar-refractivity contribution in [1.82, 2.24) is 9.80 Å². The van der Waals surface area contributed by atoms with E-state index in [2.05, 4.69) is 10.2 Å². The second-order valence-electron chi connectivity index (χ2n) is 7.62. The van der Waals surface area contributed by atoms with Crippen LogP contribution in [-0.4, -0.2) is 61.1 Å². The monoisotopic (exact) mass is 383 g/mol. The summed E-state index contributed by atoms with van der Waals surface area (Å²) in [6, 6.07) is 13.9. The number of anilines is 1. The van der Waals surface area contributed by atoms with Gasteiger partial charge in [-0.1, -0.05) is 50.2 Å². The van der Waals surface area contributed by atoms with Gasteiger partial charge in [0.15, 0.2) is 0 Å². The molecule has 0 aromatic heterocycles. The van der Waals surface area contributed by atoms with Crippen molar-refractivity contribution in [3.05, 3.63) is 42.5 Å². The van der Waals surface area contributed by atoms with Crippen LogP contribution >= 0.6 is 0 Å². The van der Waals surface area contributed by atoms with Crippen molar-refractivity contribution in [3.63, 3.8) is 0 Å². The molecule has 1 aliphatic rings. The van der Waals surface area contributed by atoms with Gasteiger partial charge < -0.3 is 15.0 Å². The van der Waals surface area contributed by atoms with E-state index < -0.39 is 0 Å². The van der Waals surface area contributed by atoms with E-state index in [4.69, 9.17) is 4.74 Å². The summed E-state index contributed by atoms with van der Waals surface area (Å²) in [5.41, 5.74) is 0.848. The SMILES string of the molecule is CC(C)COC(=O)N1CCN(CCC(=O)Nc2cccc3ccccc23)CC1. The van der Waals surface area contributed by atoms with Crippen LogP contribution in [0.1, 0.15) is 20.3 Å². The number of nitrogens with one attached hydrogen (secondary N) is 1. The first-order valence-electron chi connectivity index (χ1n) is 9.94. The van der Waals surface area contributed by atoms with Crippen molar-refractivity contribution in [2.75, 3.05) is 44.6 Å². The predicted molar refractivity (Wildman–Crippen MR) is 111 cm³/mol. The van der Waals surface area contributed by atoms with Gasteiger partial charge in [0, 0.05) is 50.2 Å². The molecule has 6 nitrogen and oxygen atoms in total. The molecule has 0 atom stereocenters. The lowest BCUT2D eigenvalue weighted by atomic mass is 10.1. The summed E-state index contributed by atoms with van der Waals surface area (Å²) in [6.45, 7) is 7.99. The van der Waals surface area contributed by atoms with Crippen molar-refractivity contribution in [1.29, 1.82) is 0 Å². The third-order valence-corrected chi connectivity index (χ3v) is 4.89. The molecule has 0 radical (unpaired) electrons. The lowest BCUT2D eigenvalue weighted by Crippen LogP contribution is -2.49. The third-order valence-electron chi connectivity index (χ3n) is 4.89. The Hall–Kier alpha value is -2.60. The molecule has 2 aromatic carbocycles. The van der Waals surface area contributed by atoms with E-state index in [0.29, 0.717) is 38.6 Å². The molecule has 1 aliphatic heterocycles. The minimum absolute atomic E-state index is 0.00938. The minimum atomic E-state index is -0.234. The fraction of sp³-hybridized carbons (Fsp3) is 0.455. The normalized spacial score (nSPS) is 15.0. The maximum Gasteiger partial charge on any atom is 0.409 e. The summed E-state index contributed by atoms with van der Waals surface area (Å²) in [4.78, 5) is 28.4. The zero-order valence-electron chi connectivity index (χ0n) is 16.7. The Morgan fingerprint density at radius 3 is 2.50 bits per heavy atom. The number of carbonyl (C=O) groups is 2. The fourth-order valence-corrected chi connectivity index (χ4v) is 3.29. The number of nitrogens with zero attached hydrogens (tertiary/aromatic N) is 2. The molecule has 2 amide bonds. The van der Waals surface area contributed by atoms with E-state index in [0.717, 1.165) is 29.5 Å². The first-order chi connectivity index (χ1) is 13.5. The number of hydrogen-bond acceptors (Lipinski definition) is 4. The Morgan fingerprint density at radius 2 is 1.75 bits per heavy atom. The van der Waals surface area contributed by atoms with Crippen molar-refractivity contribution in [3.8, 4) is 0 Å². The number of ether oxygens (including phenoxy) is 1. The molecule has 1 fully saturated rings. The molecule has 0 bridgehead atoms. The predicted octanol–water partition coefficient (Wildman–Crippen LogP) is 3.58. The number of carbonyl (C=O) groups excluding carboxylic acids is 2. The summed E-state index contributed by atoms with van der Waals surface area (Å²) in [5.74, 6) is 0.348. The summed E-state index contributed by atoms with van der Waals surface area (Å²) in [5, 5.41) is 5.19. The number of hydrogen-bond donors (Lipinski definition) is 1. The van der Waals surface area contributed by atoms with Crippen LogP contribution < -0.4 is 5.32 Å². The minimum Gasteiger partial charge on any atom is -0.449 e. The van der Waals surface area contributed by atoms with Gasteiger partial charge in [-0.05, 0) is 17.4 Å². The van der Waals surface area contributed by atoms with E-state index in [1.54, 1.807) is 4.90 Å². The second-order valence-corrected chi connectivity index (χ2v) is 7.62. The molecule has 2 aromatic rings. The van der Waals surface area contributed by atoms with Gasteiger partial charge in [0.05, 0.1) is 6.61 Å². The molecule has 1 N–H and O–H groups in total. The van der Waals surface area contributed by atoms with Crippen LogP contribution in [0.5, 0.6) is 0 Å². The maximum atomic E-state index is 12.4. The largest absolute Gasteiger partial charge is 0.449 e. The van der Waals surface area contributed by atoms with Gasteiger partial charge in [-0.15, -0.1) is 0 Å². The zero-order chi connectivity index (χ0) is 19.9. The Labute approximate surface area is 166 Å². The highest BCUT2D eigenvalue weighted by Crippen LogP contribution is 2.23.